The summed E-state index contributed by atoms with van der Waals surface area (Å²) in [4.78, 5) is 18.4. The number of amides is 1. The molecule has 6 nitrogen and oxygen atoms in total. The molecule has 2 fully saturated rings. The molecule has 1 amide bonds. The van der Waals surface area contributed by atoms with Crippen molar-refractivity contribution >= 4 is 6.09 Å². The van der Waals surface area contributed by atoms with E-state index in [1.165, 1.54) is 0 Å². The van der Waals surface area contributed by atoms with Crippen LogP contribution in [0.3, 0.4) is 0 Å². The lowest BCUT2D eigenvalue weighted by molar-refractivity contribution is 0.117. The fourth-order valence-electron chi connectivity index (χ4n) is 2.52. The number of fused-ring (bicyclic) bond motifs is 1. The predicted octanol–water partition coefficient (Wildman–Crippen LogP) is 0.478. The molecule has 2 rings (SSSR count). The average molecular weight is 255 g/mol. The smallest absolute Gasteiger partial charge is 0.394 e. The summed E-state index contributed by atoms with van der Waals surface area (Å²) in [6.45, 7) is -0.0584. The van der Waals surface area contributed by atoms with Gasteiger partial charge in [-0.3, -0.25) is 4.90 Å². The minimum absolute atomic E-state index is 0.00455. The number of hydroxylamine groups is 1. The maximum absolute atomic E-state index is 11.7. The highest BCUT2D eigenvalue weighted by atomic mass is 16.7. The zero-order valence-corrected chi connectivity index (χ0v) is 10.4. The molecule has 2 aliphatic heterocycles. The average Bonchev–Trinajstić information content (AvgIpc) is 2.61. The van der Waals surface area contributed by atoms with Crippen molar-refractivity contribution in [2.24, 2.45) is 5.73 Å². The molecular weight excluding hydrogens is 234 g/mol. The minimum Gasteiger partial charge on any atom is -0.394 e. The molecule has 18 heavy (non-hydrogen) atoms. The molecule has 0 aromatic carbocycles. The van der Waals surface area contributed by atoms with Crippen LogP contribution < -0.4 is 11.2 Å². The van der Waals surface area contributed by atoms with Crippen molar-refractivity contribution in [1.82, 2.24) is 10.4 Å². The lowest BCUT2D eigenvalue weighted by Crippen LogP contribution is -2.42. The Morgan fingerprint density at radius 2 is 2.33 bits per heavy atom. The Morgan fingerprint density at radius 3 is 3.11 bits per heavy atom. The fourth-order valence-corrected chi connectivity index (χ4v) is 2.52. The number of carbonyl (C=O) groups excluding carboxylic acids is 1. The van der Waals surface area contributed by atoms with E-state index in [0.717, 1.165) is 32.1 Å². The van der Waals surface area contributed by atoms with Crippen LogP contribution in [0.2, 0.25) is 0 Å². The molecule has 0 aromatic heterocycles. The quantitative estimate of drug-likeness (QED) is 0.636. The standard InChI is InChI=1S/C12H21N3O3/c13-9(8-16)4-3-6-10-5-1-2-7-11-14-18-12(17)15(10)11/h3-4,9-11,14,16H,1-2,5-8,13H2/b4-3-/t9-,10?,11?/m1/s1. The van der Waals surface area contributed by atoms with Gasteiger partial charge >= 0.3 is 6.09 Å². The van der Waals surface area contributed by atoms with Crippen LogP contribution >= 0.6 is 0 Å². The lowest BCUT2D eigenvalue weighted by atomic mass is 10.1. The Bertz CT molecular complexity index is 322. The van der Waals surface area contributed by atoms with Crippen molar-refractivity contribution in [2.45, 2.75) is 50.4 Å². The van der Waals surface area contributed by atoms with Crippen molar-refractivity contribution in [2.75, 3.05) is 6.61 Å². The van der Waals surface area contributed by atoms with Crippen molar-refractivity contribution in [3.05, 3.63) is 12.2 Å². The highest BCUT2D eigenvalue weighted by Gasteiger charge is 2.38. The second-order valence-electron chi connectivity index (χ2n) is 4.86. The fraction of sp³-hybridized carbons (Fsp3) is 0.750. The number of nitrogens with two attached hydrogens (primary N) is 1. The molecule has 0 radical (unpaired) electrons. The third-order valence-electron chi connectivity index (χ3n) is 3.49. The van der Waals surface area contributed by atoms with Crippen LogP contribution in [0.1, 0.15) is 32.1 Å². The number of carbonyl (C=O) groups is 1. The molecule has 2 heterocycles. The van der Waals surface area contributed by atoms with E-state index in [1.807, 2.05) is 6.08 Å². The zero-order chi connectivity index (χ0) is 13.0. The molecule has 2 saturated heterocycles. The van der Waals surface area contributed by atoms with E-state index in [9.17, 15) is 4.79 Å². The van der Waals surface area contributed by atoms with Crippen LogP contribution in [0.15, 0.2) is 12.2 Å². The van der Waals surface area contributed by atoms with Gasteiger partial charge in [0.05, 0.1) is 6.61 Å². The number of rotatable bonds is 4. The normalized spacial score (nSPS) is 30.1. The molecule has 4 N–H and O–H groups in total. The largest absolute Gasteiger partial charge is 0.430 e. The topological polar surface area (TPSA) is 87.8 Å². The van der Waals surface area contributed by atoms with Gasteiger partial charge in [-0.15, -0.1) is 5.48 Å². The Kier molecular flexibility index (Phi) is 4.57. The Labute approximate surface area is 107 Å². The van der Waals surface area contributed by atoms with Gasteiger partial charge in [-0.2, -0.15) is 0 Å². The van der Waals surface area contributed by atoms with E-state index in [0.29, 0.717) is 0 Å². The SMILES string of the molecule is N[C@H](/C=C\CC1CCCCC2NOC(=O)N12)CO. The molecule has 6 heteroatoms. The zero-order valence-electron chi connectivity index (χ0n) is 10.4. The van der Waals surface area contributed by atoms with E-state index in [4.69, 9.17) is 15.7 Å². The van der Waals surface area contributed by atoms with Gasteiger partial charge in [-0.1, -0.05) is 18.6 Å². The summed E-state index contributed by atoms with van der Waals surface area (Å²) in [5.74, 6) is 0. The minimum atomic E-state index is -0.324. The highest BCUT2D eigenvalue weighted by Crippen LogP contribution is 2.26. The van der Waals surface area contributed by atoms with Crippen LogP contribution in [-0.4, -0.2) is 41.0 Å². The van der Waals surface area contributed by atoms with Gasteiger partial charge < -0.3 is 15.7 Å². The third-order valence-corrected chi connectivity index (χ3v) is 3.49. The van der Waals surface area contributed by atoms with E-state index in [-0.39, 0.29) is 30.9 Å². The van der Waals surface area contributed by atoms with Crippen LogP contribution in [0.25, 0.3) is 0 Å². The molecule has 0 spiro atoms. The molecule has 0 saturated carbocycles. The molecule has 3 atom stereocenters. The first kappa shape index (κ1) is 13.3. The highest BCUT2D eigenvalue weighted by molar-refractivity contribution is 5.69. The van der Waals surface area contributed by atoms with E-state index < -0.39 is 0 Å². The summed E-state index contributed by atoms with van der Waals surface area (Å²) in [5, 5.41) is 8.84. The van der Waals surface area contributed by atoms with E-state index in [1.54, 1.807) is 11.0 Å². The second-order valence-corrected chi connectivity index (χ2v) is 4.86. The second kappa shape index (κ2) is 6.17. The number of aliphatic hydroxyl groups excluding tert-OH is 1. The summed E-state index contributed by atoms with van der Waals surface area (Å²) < 4.78 is 0. The maximum Gasteiger partial charge on any atom is 0.430 e. The summed E-state index contributed by atoms with van der Waals surface area (Å²) >= 11 is 0. The molecule has 0 bridgehead atoms. The molecule has 2 aliphatic rings. The summed E-state index contributed by atoms with van der Waals surface area (Å²) in [6, 6.07) is -0.169. The van der Waals surface area contributed by atoms with Crippen LogP contribution in [0, 0.1) is 0 Å². The molecule has 102 valence electrons. The van der Waals surface area contributed by atoms with Gasteiger partial charge in [0.25, 0.3) is 0 Å². The number of aliphatic hydroxyl groups is 1. The molecular formula is C12H21N3O3. The number of hydrogen-bond donors (Lipinski definition) is 3. The summed E-state index contributed by atoms with van der Waals surface area (Å²) in [7, 11) is 0. The predicted molar refractivity (Wildman–Crippen MR) is 66.3 cm³/mol. The molecule has 2 unspecified atom stereocenters. The van der Waals surface area contributed by atoms with Gasteiger partial charge in [-0.05, 0) is 25.7 Å². The summed E-state index contributed by atoms with van der Waals surface area (Å²) in [5.41, 5.74) is 8.38. The first-order valence-electron chi connectivity index (χ1n) is 6.50. The summed E-state index contributed by atoms with van der Waals surface area (Å²) in [6.07, 6.45) is 8.33. The first-order valence-corrected chi connectivity index (χ1v) is 6.50. The Balaban J connectivity index is 1.96. The van der Waals surface area contributed by atoms with Crippen molar-refractivity contribution in [1.29, 1.82) is 0 Å². The van der Waals surface area contributed by atoms with Crippen molar-refractivity contribution < 1.29 is 14.7 Å². The van der Waals surface area contributed by atoms with Gasteiger partial charge in [0.2, 0.25) is 0 Å². The Hall–Kier alpha value is -1.11. The van der Waals surface area contributed by atoms with Gasteiger partial charge in [-0.25, -0.2) is 4.79 Å². The van der Waals surface area contributed by atoms with Gasteiger partial charge in [0.1, 0.15) is 6.17 Å². The molecule has 0 aliphatic carbocycles. The van der Waals surface area contributed by atoms with E-state index >= 15 is 0 Å². The lowest BCUT2D eigenvalue weighted by Gasteiger charge is -2.26. The number of hydrogen-bond acceptors (Lipinski definition) is 5. The monoisotopic (exact) mass is 255 g/mol. The third kappa shape index (κ3) is 3.01. The van der Waals surface area contributed by atoms with Gasteiger partial charge in [0, 0.05) is 12.1 Å². The Morgan fingerprint density at radius 1 is 1.56 bits per heavy atom. The van der Waals surface area contributed by atoms with E-state index in [2.05, 4.69) is 5.48 Å². The first-order chi connectivity index (χ1) is 8.72. The molecule has 0 aromatic rings. The van der Waals surface area contributed by atoms with Crippen LogP contribution in [-0.2, 0) is 4.84 Å². The number of nitrogens with zero attached hydrogens (tertiary/aromatic N) is 1. The van der Waals surface area contributed by atoms with Crippen molar-refractivity contribution in [3.63, 3.8) is 0 Å². The van der Waals surface area contributed by atoms with Crippen LogP contribution in [0.5, 0.6) is 0 Å². The van der Waals surface area contributed by atoms with Gasteiger partial charge in [0.15, 0.2) is 0 Å². The number of nitrogens with one attached hydrogen (secondary N) is 1. The maximum atomic E-state index is 11.7. The van der Waals surface area contributed by atoms with Crippen molar-refractivity contribution in [3.8, 4) is 0 Å². The van der Waals surface area contributed by atoms with Crippen LogP contribution in [0.4, 0.5) is 4.79 Å².